The number of carbonyl (C=O) groups is 1. The van der Waals surface area contributed by atoms with Gasteiger partial charge in [-0.25, -0.2) is 4.79 Å². The van der Waals surface area contributed by atoms with Crippen LogP contribution < -0.4 is 26.0 Å². The molecule has 1 amide bonds. The molecule has 0 spiro atoms. The quantitative estimate of drug-likeness (QED) is 0.155. The van der Waals surface area contributed by atoms with Crippen molar-refractivity contribution in [3.8, 4) is 11.5 Å². The number of hydrogen-bond acceptors (Lipinski definition) is 10. The van der Waals surface area contributed by atoms with Crippen LogP contribution in [0.2, 0.25) is 0 Å². The molecule has 0 radical (unpaired) electrons. The molecule has 1 aliphatic rings. The van der Waals surface area contributed by atoms with E-state index < -0.39 is 66.1 Å². The van der Waals surface area contributed by atoms with Gasteiger partial charge in [0.2, 0.25) is 0 Å². The van der Waals surface area contributed by atoms with Gasteiger partial charge in [0.05, 0.1) is 40.1 Å². The van der Waals surface area contributed by atoms with Crippen LogP contribution in [0.5, 0.6) is 11.5 Å². The lowest BCUT2D eigenvalue weighted by Gasteiger charge is -2.37. The predicted octanol–water partition coefficient (Wildman–Crippen LogP) is 2.90. The van der Waals surface area contributed by atoms with Gasteiger partial charge in [-0.15, -0.1) is 0 Å². The van der Waals surface area contributed by atoms with Gasteiger partial charge in [-0.1, -0.05) is 54.6 Å². The highest BCUT2D eigenvalue weighted by molar-refractivity contribution is 5.81. The third-order valence-corrected chi connectivity index (χ3v) is 8.53. The molecule has 3 N–H and O–H groups in total. The maximum atomic E-state index is 13.0. The number of nitrogens with zero attached hydrogens (tertiary/aromatic N) is 1. The van der Waals surface area contributed by atoms with Gasteiger partial charge < -0.3 is 38.8 Å². The van der Waals surface area contributed by atoms with E-state index >= 15 is 0 Å². The smallest absolute Gasteiger partial charge is 0.471 e. The van der Waals surface area contributed by atoms with E-state index in [0.29, 0.717) is 28.2 Å². The molecule has 52 heavy (non-hydrogen) atoms. The average molecular weight is 730 g/mol. The zero-order valence-corrected chi connectivity index (χ0v) is 28.4. The minimum Gasteiger partial charge on any atom is -0.497 e. The van der Waals surface area contributed by atoms with Crippen molar-refractivity contribution in [1.29, 1.82) is 0 Å². The lowest BCUT2D eigenvalue weighted by molar-refractivity contribution is -0.175. The van der Waals surface area contributed by atoms with Crippen LogP contribution in [0.25, 0.3) is 0 Å². The van der Waals surface area contributed by atoms with Gasteiger partial charge in [0, 0.05) is 19.4 Å². The van der Waals surface area contributed by atoms with E-state index in [1.165, 1.54) is 7.11 Å². The van der Waals surface area contributed by atoms with Crippen LogP contribution in [-0.2, 0) is 29.3 Å². The fraction of sp³-hybridized carbons (Fsp3) is 0.361. The number of aliphatic hydroxyl groups is 1. The van der Waals surface area contributed by atoms with E-state index in [1.54, 1.807) is 43.8 Å². The number of methoxy groups -OCH3 is 3. The van der Waals surface area contributed by atoms with E-state index in [0.717, 1.165) is 16.8 Å². The van der Waals surface area contributed by atoms with Crippen LogP contribution in [-0.4, -0.2) is 92.2 Å². The van der Waals surface area contributed by atoms with Gasteiger partial charge in [-0.2, -0.15) is 13.2 Å². The molecule has 5 atom stereocenters. The van der Waals surface area contributed by atoms with E-state index in [-0.39, 0.29) is 13.2 Å². The summed E-state index contributed by atoms with van der Waals surface area (Å²) in [5.74, 6) is -1.01. The van der Waals surface area contributed by atoms with Crippen molar-refractivity contribution in [2.75, 3.05) is 41.2 Å². The number of carbonyl (C=O) groups excluding carboxylic acids is 1. The zero-order valence-electron chi connectivity index (χ0n) is 28.4. The fourth-order valence-corrected chi connectivity index (χ4v) is 6.00. The Morgan fingerprint density at radius 2 is 1.46 bits per heavy atom. The predicted molar refractivity (Wildman–Crippen MR) is 179 cm³/mol. The molecule has 0 bridgehead atoms. The molecule has 3 aromatic carbocycles. The number of aromatic nitrogens is 2. The molecule has 1 aliphatic heterocycles. The molecule has 0 saturated carbocycles. The lowest BCUT2D eigenvalue weighted by atomic mass is 9.80. The molecule has 13 nitrogen and oxygen atoms in total. The van der Waals surface area contributed by atoms with Crippen molar-refractivity contribution in [3.63, 3.8) is 0 Å². The number of alkyl halides is 3. The Bertz CT molecular complexity index is 1840. The highest BCUT2D eigenvalue weighted by atomic mass is 19.4. The number of benzene rings is 3. The molecule has 1 aromatic heterocycles. The summed E-state index contributed by atoms with van der Waals surface area (Å²) in [6, 6.07) is 23.5. The summed E-state index contributed by atoms with van der Waals surface area (Å²) < 4.78 is 74.8. The van der Waals surface area contributed by atoms with Gasteiger partial charge >= 0.3 is 17.8 Å². The SMILES string of the molecule is COC[C@@H](CO[C@@H]1[C@H](O)[C@@H](COC(c2ccccc2)(c2ccc(OC)cc2)c2ccc(OC)cc2)O[C@H]1n1ccc(=O)[nH]c1=O)NC(=O)C(F)(F)F. The Hall–Kier alpha value is -5.00. The second-order valence-electron chi connectivity index (χ2n) is 11.8. The zero-order chi connectivity index (χ0) is 37.5. The summed E-state index contributed by atoms with van der Waals surface area (Å²) in [4.78, 5) is 38.6. The molecule has 1 saturated heterocycles. The molecule has 5 rings (SSSR count). The molecule has 0 unspecified atom stereocenters. The molecule has 278 valence electrons. The van der Waals surface area contributed by atoms with Crippen molar-refractivity contribution in [3.05, 3.63) is 129 Å². The van der Waals surface area contributed by atoms with Gasteiger partial charge in [0.1, 0.15) is 35.4 Å². The van der Waals surface area contributed by atoms with Gasteiger partial charge in [-0.3, -0.25) is 19.1 Å². The normalized spacial score (nSPS) is 19.6. The van der Waals surface area contributed by atoms with Gasteiger partial charge in [0.25, 0.3) is 5.56 Å². The number of ether oxygens (including phenoxy) is 6. The first-order valence-corrected chi connectivity index (χ1v) is 16.0. The lowest BCUT2D eigenvalue weighted by Crippen LogP contribution is -2.49. The monoisotopic (exact) mass is 729 g/mol. The molecular formula is C36H38F3N3O10. The van der Waals surface area contributed by atoms with Crippen molar-refractivity contribution in [1.82, 2.24) is 14.9 Å². The van der Waals surface area contributed by atoms with E-state index in [4.69, 9.17) is 28.4 Å². The second kappa shape index (κ2) is 16.6. The number of aliphatic hydroxyl groups excluding tert-OH is 1. The summed E-state index contributed by atoms with van der Waals surface area (Å²) in [6.45, 7) is -1.26. The number of amides is 1. The molecule has 2 heterocycles. The van der Waals surface area contributed by atoms with Crippen LogP contribution in [0.3, 0.4) is 0 Å². The number of hydrogen-bond donors (Lipinski definition) is 3. The first-order chi connectivity index (χ1) is 24.9. The Morgan fingerprint density at radius 3 is 1.98 bits per heavy atom. The Kier molecular flexibility index (Phi) is 12.2. The minimum absolute atomic E-state index is 0.311. The van der Waals surface area contributed by atoms with Gasteiger partial charge in [0.15, 0.2) is 6.23 Å². The van der Waals surface area contributed by atoms with Crippen LogP contribution in [0.1, 0.15) is 22.9 Å². The third kappa shape index (κ3) is 8.37. The van der Waals surface area contributed by atoms with Crippen LogP contribution in [0.4, 0.5) is 13.2 Å². The topological polar surface area (TPSA) is 160 Å². The Morgan fingerprint density at radius 1 is 0.885 bits per heavy atom. The fourth-order valence-electron chi connectivity index (χ4n) is 6.00. The highest BCUT2D eigenvalue weighted by Crippen LogP contribution is 2.43. The molecular weight excluding hydrogens is 691 g/mol. The van der Waals surface area contributed by atoms with E-state index in [9.17, 15) is 32.7 Å². The minimum atomic E-state index is -5.17. The van der Waals surface area contributed by atoms with Crippen LogP contribution >= 0.6 is 0 Å². The maximum Gasteiger partial charge on any atom is 0.471 e. The average Bonchev–Trinajstić information content (AvgIpc) is 3.45. The third-order valence-electron chi connectivity index (χ3n) is 8.53. The summed E-state index contributed by atoms with van der Waals surface area (Å²) in [5, 5.41) is 13.5. The first kappa shape index (κ1) is 38.2. The number of halogens is 3. The van der Waals surface area contributed by atoms with Gasteiger partial charge in [-0.05, 0) is 41.0 Å². The molecule has 0 aliphatic carbocycles. The van der Waals surface area contributed by atoms with Crippen molar-refractivity contribution >= 4 is 5.91 Å². The van der Waals surface area contributed by atoms with Crippen LogP contribution in [0, 0.1) is 0 Å². The first-order valence-electron chi connectivity index (χ1n) is 16.0. The highest BCUT2D eigenvalue weighted by Gasteiger charge is 2.49. The second-order valence-corrected chi connectivity index (χ2v) is 11.8. The molecule has 4 aromatic rings. The maximum absolute atomic E-state index is 13.0. The molecule has 16 heteroatoms. The largest absolute Gasteiger partial charge is 0.497 e. The number of aromatic amines is 1. The van der Waals surface area contributed by atoms with E-state index in [1.807, 2.05) is 54.6 Å². The van der Waals surface area contributed by atoms with Crippen molar-refractivity contribution in [2.45, 2.75) is 42.4 Å². The van der Waals surface area contributed by atoms with Crippen molar-refractivity contribution in [2.24, 2.45) is 0 Å². The number of nitrogens with one attached hydrogen (secondary N) is 2. The Balaban J connectivity index is 1.52. The Labute approximate surface area is 295 Å². The number of rotatable bonds is 15. The summed E-state index contributed by atoms with van der Waals surface area (Å²) in [5.41, 5.74) is -0.839. The summed E-state index contributed by atoms with van der Waals surface area (Å²) in [6.07, 6.45) is -9.55. The molecule has 1 fully saturated rings. The van der Waals surface area contributed by atoms with Crippen LogP contribution in [0.15, 0.2) is 101 Å². The summed E-state index contributed by atoms with van der Waals surface area (Å²) >= 11 is 0. The van der Waals surface area contributed by atoms with Crippen molar-refractivity contribution < 1.29 is 51.5 Å². The summed E-state index contributed by atoms with van der Waals surface area (Å²) in [7, 11) is 4.31. The van der Waals surface area contributed by atoms with E-state index in [2.05, 4.69) is 4.98 Å². The standard InChI is InChI=1S/C36H38F3N3O10/c1-47-19-25(40-33(45)36(37,38)39)20-50-31-30(44)28(52-32(31)42-18-17-29(43)41-34(42)46)21-51-35(22-7-5-4-6-8-22,23-9-13-26(48-2)14-10-23)24-11-15-27(49-3)16-12-24/h4-18,25,28,30-32,44H,19-21H2,1-3H3,(H,40,45)(H,41,43,46)/t25-,28+,30+,31+,32+/m0/s1. The number of H-pyrrole nitrogens is 1.